The van der Waals surface area contributed by atoms with Gasteiger partial charge in [0.05, 0.1) is 0 Å². The molecule has 0 fully saturated rings. The van der Waals surface area contributed by atoms with Crippen LogP contribution in [0.2, 0.25) is 0 Å². The molecule has 0 spiro atoms. The first-order valence-corrected chi connectivity index (χ1v) is 5.96. The number of hydrogen-bond donors (Lipinski definition) is 1. The van der Waals surface area contributed by atoms with Gasteiger partial charge in [0, 0.05) is 24.7 Å². The normalized spacial score (nSPS) is 10.4. The standard InChI is InChI=1S/C10H17N3OS/c1-4-13(7-8(2)3)10(14)12-9-11-5-6-15-9/h5-6,8H,4,7H2,1-3H3,(H,11,12,14). The van der Waals surface area contributed by atoms with Crippen molar-refractivity contribution in [1.82, 2.24) is 9.88 Å². The molecule has 0 aliphatic rings. The van der Waals surface area contributed by atoms with Gasteiger partial charge in [-0.05, 0) is 12.8 Å². The molecule has 1 aromatic heterocycles. The fourth-order valence-electron chi connectivity index (χ4n) is 1.25. The summed E-state index contributed by atoms with van der Waals surface area (Å²) in [6.07, 6.45) is 1.68. The molecule has 1 rings (SSSR count). The van der Waals surface area contributed by atoms with E-state index in [0.29, 0.717) is 11.0 Å². The van der Waals surface area contributed by atoms with E-state index < -0.39 is 0 Å². The summed E-state index contributed by atoms with van der Waals surface area (Å²) in [6.45, 7) is 7.66. The first kappa shape index (κ1) is 12.0. The summed E-state index contributed by atoms with van der Waals surface area (Å²) < 4.78 is 0. The molecule has 1 aromatic rings. The number of hydrogen-bond acceptors (Lipinski definition) is 3. The summed E-state index contributed by atoms with van der Waals surface area (Å²) in [7, 11) is 0. The van der Waals surface area contributed by atoms with E-state index in [0.717, 1.165) is 13.1 Å². The van der Waals surface area contributed by atoms with Crippen LogP contribution < -0.4 is 5.32 Å². The van der Waals surface area contributed by atoms with Crippen LogP contribution in [-0.4, -0.2) is 29.0 Å². The van der Waals surface area contributed by atoms with Gasteiger partial charge in [0.25, 0.3) is 0 Å². The highest BCUT2D eigenvalue weighted by atomic mass is 32.1. The molecule has 4 nitrogen and oxygen atoms in total. The molecule has 0 bridgehead atoms. The van der Waals surface area contributed by atoms with Crippen LogP contribution in [0.25, 0.3) is 0 Å². The molecule has 0 atom stereocenters. The SMILES string of the molecule is CCN(CC(C)C)C(=O)Nc1nccs1. The van der Waals surface area contributed by atoms with E-state index in [1.807, 2.05) is 12.3 Å². The number of amides is 2. The Balaban J connectivity index is 2.50. The molecular formula is C10H17N3OS. The van der Waals surface area contributed by atoms with Gasteiger partial charge in [-0.3, -0.25) is 5.32 Å². The Morgan fingerprint density at radius 2 is 2.40 bits per heavy atom. The molecule has 84 valence electrons. The minimum absolute atomic E-state index is 0.0684. The van der Waals surface area contributed by atoms with E-state index in [1.165, 1.54) is 11.3 Å². The summed E-state index contributed by atoms with van der Waals surface area (Å²) in [4.78, 5) is 17.6. The number of aromatic nitrogens is 1. The molecule has 0 aliphatic heterocycles. The maximum absolute atomic E-state index is 11.8. The molecule has 0 aliphatic carbocycles. The van der Waals surface area contributed by atoms with Crippen molar-refractivity contribution in [3.63, 3.8) is 0 Å². The highest BCUT2D eigenvalue weighted by Gasteiger charge is 2.13. The van der Waals surface area contributed by atoms with Crippen LogP contribution in [0.4, 0.5) is 9.93 Å². The molecule has 1 heterocycles. The van der Waals surface area contributed by atoms with Gasteiger partial charge in [0.2, 0.25) is 0 Å². The number of nitrogens with zero attached hydrogens (tertiary/aromatic N) is 2. The molecule has 0 aromatic carbocycles. The lowest BCUT2D eigenvalue weighted by Gasteiger charge is -2.22. The lowest BCUT2D eigenvalue weighted by Crippen LogP contribution is -2.37. The molecule has 0 radical (unpaired) electrons. The van der Waals surface area contributed by atoms with Crippen molar-refractivity contribution in [1.29, 1.82) is 0 Å². The fraction of sp³-hybridized carbons (Fsp3) is 0.600. The maximum Gasteiger partial charge on any atom is 0.323 e. The molecule has 0 unspecified atom stereocenters. The first-order chi connectivity index (χ1) is 7.13. The average Bonchev–Trinajstić information content (AvgIpc) is 2.66. The number of nitrogens with one attached hydrogen (secondary N) is 1. The fourth-order valence-corrected chi connectivity index (χ4v) is 1.77. The zero-order chi connectivity index (χ0) is 11.3. The van der Waals surface area contributed by atoms with E-state index in [4.69, 9.17) is 0 Å². The molecule has 0 saturated carbocycles. The van der Waals surface area contributed by atoms with E-state index >= 15 is 0 Å². The molecule has 2 amide bonds. The number of carbonyl (C=O) groups is 1. The number of thiazole rings is 1. The number of carbonyl (C=O) groups excluding carboxylic acids is 1. The van der Waals surface area contributed by atoms with Crippen molar-refractivity contribution in [2.24, 2.45) is 5.92 Å². The Labute approximate surface area is 94.3 Å². The van der Waals surface area contributed by atoms with E-state index in [2.05, 4.69) is 24.1 Å². The zero-order valence-electron chi connectivity index (χ0n) is 9.36. The van der Waals surface area contributed by atoms with Gasteiger partial charge in [-0.2, -0.15) is 0 Å². The van der Waals surface area contributed by atoms with Crippen LogP contribution in [0.15, 0.2) is 11.6 Å². The van der Waals surface area contributed by atoms with Crippen molar-refractivity contribution in [3.8, 4) is 0 Å². The third-order valence-electron chi connectivity index (χ3n) is 1.90. The molecule has 0 saturated heterocycles. The quantitative estimate of drug-likeness (QED) is 0.859. The third kappa shape index (κ3) is 3.87. The second-order valence-electron chi connectivity index (χ2n) is 3.70. The predicted molar refractivity (Wildman–Crippen MR) is 63.2 cm³/mol. The monoisotopic (exact) mass is 227 g/mol. The Bertz CT molecular complexity index is 298. The average molecular weight is 227 g/mol. The van der Waals surface area contributed by atoms with Gasteiger partial charge in [-0.15, -0.1) is 11.3 Å². The summed E-state index contributed by atoms with van der Waals surface area (Å²) in [5.74, 6) is 0.479. The first-order valence-electron chi connectivity index (χ1n) is 5.09. The van der Waals surface area contributed by atoms with Crippen molar-refractivity contribution < 1.29 is 4.79 Å². The van der Waals surface area contributed by atoms with Crippen LogP contribution in [-0.2, 0) is 0 Å². The van der Waals surface area contributed by atoms with Crippen molar-refractivity contribution in [2.45, 2.75) is 20.8 Å². The molecule has 15 heavy (non-hydrogen) atoms. The topological polar surface area (TPSA) is 45.2 Å². The highest BCUT2D eigenvalue weighted by Crippen LogP contribution is 2.11. The van der Waals surface area contributed by atoms with Gasteiger partial charge >= 0.3 is 6.03 Å². The van der Waals surface area contributed by atoms with Crippen molar-refractivity contribution in [2.75, 3.05) is 18.4 Å². The van der Waals surface area contributed by atoms with Gasteiger partial charge in [0.15, 0.2) is 5.13 Å². The second-order valence-corrected chi connectivity index (χ2v) is 4.59. The Hall–Kier alpha value is -1.10. The van der Waals surface area contributed by atoms with Gasteiger partial charge < -0.3 is 4.90 Å². The van der Waals surface area contributed by atoms with Crippen LogP contribution >= 0.6 is 11.3 Å². The molecule has 5 heteroatoms. The Kier molecular flexibility index (Phi) is 4.55. The Morgan fingerprint density at radius 1 is 1.67 bits per heavy atom. The minimum atomic E-state index is -0.0684. The van der Waals surface area contributed by atoms with Crippen molar-refractivity contribution in [3.05, 3.63) is 11.6 Å². The van der Waals surface area contributed by atoms with E-state index in [1.54, 1.807) is 11.1 Å². The summed E-state index contributed by atoms with van der Waals surface area (Å²) in [5, 5.41) is 5.27. The zero-order valence-corrected chi connectivity index (χ0v) is 10.2. The molecular weight excluding hydrogens is 210 g/mol. The van der Waals surface area contributed by atoms with E-state index in [9.17, 15) is 4.79 Å². The predicted octanol–water partition coefficient (Wildman–Crippen LogP) is 2.65. The number of anilines is 1. The number of urea groups is 1. The van der Waals surface area contributed by atoms with Crippen LogP contribution in [0, 0.1) is 5.92 Å². The minimum Gasteiger partial charge on any atom is -0.325 e. The molecule has 1 N–H and O–H groups in total. The largest absolute Gasteiger partial charge is 0.325 e. The maximum atomic E-state index is 11.8. The number of rotatable bonds is 4. The lowest BCUT2D eigenvalue weighted by atomic mass is 10.2. The van der Waals surface area contributed by atoms with Crippen LogP contribution in [0.1, 0.15) is 20.8 Å². The lowest BCUT2D eigenvalue weighted by molar-refractivity contribution is 0.208. The Morgan fingerprint density at radius 3 is 2.87 bits per heavy atom. The van der Waals surface area contributed by atoms with E-state index in [-0.39, 0.29) is 6.03 Å². The van der Waals surface area contributed by atoms with Gasteiger partial charge in [-0.1, -0.05) is 13.8 Å². The van der Waals surface area contributed by atoms with Crippen LogP contribution in [0.3, 0.4) is 0 Å². The van der Waals surface area contributed by atoms with Gasteiger partial charge in [-0.25, -0.2) is 9.78 Å². The summed E-state index contributed by atoms with van der Waals surface area (Å²) in [5.41, 5.74) is 0. The highest BCUT2D eigenvalue weighted by molar-refractivity contribution is 7.13. The van der Waals surface area contributed by atoms with Gasteiger partial charge in [0.1, 0.15) is 0 Å². The third-order valence-corrected chi connectivity index (χ3v) is 2.59. The summed E-state index contributed by atoms with van der Waals surface area (Å²) in [6, 6.07) is -0.0684. The second kappa shape index (κ2) is 5.70. The smallest absolute Gasteiger partial charge is 0.323 e. The van der Waals surface area contributed by atoms with Crippen molar-refractivity contribution >= 4 is 22.5 Å². The summed E-state index contributed by atoms with van der Waals surface area (Å²) >= 11 is 1.43. The van der Waals surface area contributed by atoms with Crippen LogP contribution in [0.5, 0.6) is 0 Å².